The van der Waals surface area contributed by atoms with Gasteiger partial charge in [-0.15, -0.1) is 5.10 Å². The number of amidine groups is 2. The normalized spacial score (nSPS) is 13.6. The van der Waals surface area contributed by atoms with Crippen molar-refractivity contribution in [3.63, 3.8) is 0 Å². The van der Waals surface area contributed by atoms with Crippen LogP contribution < -0.4 is 0 Å². The molecular formula is C21H29CuF3N6S2. The molecule has 1 radical (unpaired) electrons. The first-order valence-corrected chi connectivity index (χ1v) is 11.2. The van der Waals surface area contributed by atoms with Gasteiger partial charge in [0.15, 0.2) is 0 Å². The van der Waals surface area contributed by atoms with Gasteiger partial charge in [-0.3, -0.25) is 0 Å². The number of hydrogen-bond donors (Lipinski definition) is 0. The zero-order valence-electron chi connectivity index (χ0n) is 19.3. The van der Waals surface area contributed by atoms with Crippen molar-refractivity contribution in [3.8, 4) is 0 Å². The van der Waals surface area contributed by atoms with Crippen LogP contribution in [-0.2, 0) is 48.7 Å². The molecule has 187 valence electrons. The van der Waals surface area contributed by atoms with Crippen LogP contribution in [0.25, 0.3) is 0 Å². The fourth-order valence-electron chi connectivity index (χ4n) is 2.72. The summed E-state index contributed by atoms with van der Waals surface area (Å²) in [6.45, 7) is 12.3. The summed E-state index contributed by atoms with van der Waals surface area (Å²) in [7, 11) is 0. The summed E-state index contributed by atoms with van der Waals surface area (Å²) in [4.78, 5) is 3.73. The molecule has 0 fully saturated rings. The minimum atomic E-state index is -4.28. The second-order valence-electron chi connectivity index (χ2n) is 6.73. The van der Waals surface area contributed by atoms with Gasteiger partial charge >= 0.3 is 23.2 Å². The first kappa shape index (κ1) is 31.2. The Hall–Kier alpha value is -1.75. The van der Waals surface area contributed by atoms with E-state index >= 15 is 0 Å². The van der Waals surface area contributed by atoms with E-state index in [0.717, 1.165) is 0 Å². The number of halogens is 3. The van der Waals surface area contributed by atoms with Crippen LogP contribution in [0.4, 0.5) is 13.2 Å². The van der Waals surface area contributed by atoms with E-state index in [0.29, 0.717) is 53.5 Å². The van der Waals surface area contributed by atoms with Crippen LogP contribution >= 0.6 is 0 Å². The topological polar surface area (TPSA) is 55.9 Å². The van der Waals surface area contributed by atoms with Crippen LogP contribution in [0.1, 0.15) is 45.7 Å². The van der Waals surface area contributed by atoms with Crippen LogP contribution in [-0.4, -0.2) is 63.9 Å². The molecule has 0 saturated heterocycles. The van der Waals surface area contributed by atoms with Crippen molar-refractivity contribution in [1.82, 2.24) is 9.80 Å². The van der Waals surface area contributed by atoms with Crippen molar-refractivity contribution < 1.29 is 30.2 Å². The Morgan fingerprint density at radius 2 is 1.21 bits per heavy atom. The summed E-state index contributed by atoms with van der Waals surface area (Å²) < 4.78 is 38.0. The molecule has 0 N–H and O–H groups in total. The molecule has 0 saturated carbocycles. The van der Waals surface area contributed by atoms with Crippen molar-refractivity contribution in [2.75, 3.05) is 26.2 Å². The molecule has 0 bridgehead atoms. The zero-order chi connectivity index (χ0) is 24.3. The zero-order valence-corrected chi connectivity index (χ0v) is 21.9. The molecule has 0 heterocycles. The van der Waals surface area contributed by atoms with Gasteiger partial charge in [-0.2, -0.15) is 28.5 Å². The number of alkyl halides is 3. The second kappa shape index (κ2) is 15.2. The van der Waals surface area contributed by atoms with E-state index < -0.39 is 12.6 Å². The van der Waals surface area contributed by atoms with Gasteiger partial charge in [0.2, 0.25) is 0 Å². The molecule has 0 aliphatic heterocycles. The molecule has 0 aromatic heterocycles. The van der Waals surface area contributed by atoms with Gasteiger partial charge in [0.25, 0.3) is 0 Å². The van der Waals surface area contributed by atoms with E-state index in [1.54, 1.807) is 19.1 Å². The van der Waals surface area contributed by atoms with E-state index in [-0.39, 0.29) is 22.6 Å². The van der Waals surface area contributed by atoms with Crippen LogP contribution in [0.15, 0.2) is 44.7 Å². The summed E-state index contributed by atoms with van der Waals surface area (Å²) in [5, 5.41) is 17.4. The molecule has 1 aromatic rings. The fourth-order valence-corrected chi connectivity index (χ4v) is 3.32. The maximum absolute atomic E-state index is 12.7. The molecule has 0 aliphatic carbocycles. The third kappa shape index (κ3) is 10.8. The molecule has 0 atom stereocenters. The minimum Gasteiger partial charge on any atom is -0.741 e. The number of benzene rings is 1. The van der Waals surface area contributed by atoms with Gasteiger partial charge in [0.1, 0.15) is 5.71 Å². The maximum Gasteiger partial charge on any atom is 2.00 e. The second-order valence-corrected chi connectivity index (χ2v) is 7.46. The first-order chi connectivity index (χ1) is 15.1. The number of rotatable bonds is 9. The van der Waals surface area contributed by atoms with E-state index in [2.05, 4.69) is 20.4 Å². The Labute approximate surface area is 215 Å². The molecule has 1 rings (SSSR count). The predicted molar refractivity (Wildman–Crippen MR) is 131 cm³/mol. The largest absolute Gasteiger partial charge is 2.00 e. The summed E-state index contributed by atoms with van der Waals surface area (Å²) in [5.74, 6) is 0. The molecular weight excluding hydrogens is 521 g/mol. The molecule has 12 heteroatoms. The molecule has 6 nitrogen and oxygen atoms in total. The molecule has 0 aliphatic rings. The third-order valence-electron chi connectivity index (χ3n) is 4.56. The molecule has 0 amide bonds. The number of nitrogens with zero attached hydrogens (tertiary/aromatic N) is 6. The van der Waals surface area contributed by atoms with Crippen LogP contribution in [0.3, 0.4) is 0 Å². The molecule has 33 heavy (non-hydrogen) atoms. The summed E-state index contributed by atoms with van der Waals surface area (Å²) in [6, 6.07) is 5.92. The van der Waals surface area contributed by atoms with Crippen molar-refractivity contribution in [2.45, 2.75) is 47.2 Å². The van der Waals surface area contributed by atoms with Crippen molar-refractivity contribution in [3.05, 3.63) is 35.4 Å². The van der Waals surface area contributed by atoms with Crippen LogP contribution in [0.2, 0.25) is 0 Å². The van der Waals surface area contributed by atoms with Crippen LogP contribution in [0.5, 0.6) is 0 Å². The quantitative estimate of drug-likeness (QED) is 0.151. The van der Waals surface area contributed by atoms with E-state index in [4.69, 9.17) is 25.3 Å². The monoisotopic (exact) mass is 549 g/mol. The Bertz CT molecular complexity index is 847. The Kier molecular flexibility index (Phi) is 14.4. The van der Waals surface area contributed by atoms with Gasteiger partial charge in [-0.1, -0.05) is 24.3 Å². The molecule has 0 unspecified atom stereocenters. The first-order valence-electron chi connectivity index (χ1n) is 10.3. The van der Waals surface area contributed by atoms with Crippen LogP contribution in [0, 0.1) is 0 Å². The third-order valence-corrected chi connectivity index (χ3v) is 5.24. The predicted octanol–water partition coefficient (Wildman–Crippen LogP) is 4.36. The Balaban J connectivity index is 0.0000102. The van der Waals surface area contributed by atoms with E-state index in [1.165, 1.54) is 12.1 Å². The van der Waals surface area contributed by atoms with Gasteiger partial charge < -0.3 is 35.1 Å². The average Bonchev–Trinajstić information content (AvgIpc) is 2.74. The van der Waals surface area contributed by atoms with Crippen molar-refractivity contribution in [1.29, 1.82) is 0 Å². The summed E-state index contributed by atoms with van der Waals surface area (Å²) >= 11 is 10.6. The Morgan fingerprint density at radius 1 is 0.788 bits per heavy atom. The fraction of sp³-hybridized carbons (Fsp3) is 0.524. The molecule has 1 aromatic carbocycles. The number of hydrogen-bond acceptors (Lipinski definition) is 6. The smallest absolute Gasteiger partial charge is 0.741 e. The van der Waals surface area contributed by atoms with Crippen molar-refractivity contribution >= 4 is 47.0 Å². The molecule has 0 spiro atoms. The standard InChI is InChI=1S/C21H31F3N6S2.Cu/c1-6-29(7-2)19(31)27-25-15(5)18(26-28-20(32)30(8-3)9-4)17-12-10-16(11-13-17)14-21(22,23)24;/h10-13H,6-9,14H2,1-5H3,(H,27,31)(H,28,32);/q;+2/p-2/b25-15+,26-18-;. The van der Waals surface area contributed by atoms with Crippen molar-refractivity contribution in [2.24, 2.45) is 20.4 Å². The maximum atomic E-state index is 12.7. The minimum absolute atomic E-state index is 0. The SMILES string of the molecule is CCN(CC)/C([S-])=N/N=C(C)/C(=N/N=C(\[S-])N(CC)CC)c1ccc(CC(F)(F)F)cc1.[Cu+2]. The average molecular weight is 550 g/mol. The Morgan fingerprint density at radius 3 is 1.61 bits per heavy atom. The van der Waals surface area contributed by atoms with Gasteiger partial charge in [0, 0.05) is 42.1 Å². The van der Waals surface area contributed by atoms with Gasteiger partial charge in [-0.05, 0) is 40.2 Å². The van der Waals surface area contributed by atoms with E-state index in [1.807, 2.05) is 37.5 Å². The van der Waals surface area contributed by atoms with E-state index in [9.17, 15) is 13.2 Å². The van der Waals surface area contributed by atoms with Gasteiger partial charge in [-0.25, -0.2) is 0 Å². The van der Waals surface area contributed by atoms with Gasteiger partial charge in [0.05, 0.1) is 12.1 Å². The summed E-state index contributed by atoms with van der Waals surface area (Å²) in [5.41, 5.74) is 1.46. The summed E-state index contributed by atoms with van der Waals surface area (Å²) in [6.07, 6.45) is -5.28.